The lowest BCUT2D eigenvalue weighted by atomic mass is 9.89. The lowest BCUT2D eigenvalue weighted by Gasteiger charge is -2.26. The maximum absolute atomic E-state index is 14.6. The van der Waals surface area contributed by atoms with Crippen LogP contribution in [0, 0.1) is 12.8 Å². The van der Waals surface area contributed by atoms with Gasteiger partial charge >= 0.3 is 6.18 Å². The van der Waals surface area contributed by atoms with Crippen LogP contribution in [0.2, 0.25) is 5.02 Å². The number of rotatable bonds is 8. The molecule has 1 aliphatic carbocycles. The molecule has 1 aromatic carbocycles. The third kappa shape index (κ3) is 7.80. The first kappa shape index (κ1) is 32.4. The molecule has 0 saturated heterocycles. The molecule has 0 radical (unpaired) electrons. The molecular formula is C28H39ClF3N3O4S. The molecule has 40 heavy (non-hydrogen) atoms. The van der Waals surface area contributed by atoms with Gasteiger partial charge in [-0.05, 0) is 72.4 Å². The maximum atomic E-state index is 14.6. The quantitative estimate of drug-likeness (QED) is 0.329. The molecule has 1 aromatic heterocycles. The Labute approximate surface area is 239 Å². The van der Waals surface area contributed by atoms with Crippen LogP contribution in [0.25, 0.3) is 11.3 Å². The standard InChI is InChI=1S/C28H39ClF3N3O4S/c1-17-20(25(36)33-16-27(5,6)37)14-21(35(17)15-18-10-8-7-9-11-18)19-12-13-22(24(29)23(19)28(30,31)32)40(38,39)34-26(2,3)4/h12-14,18,34,37H,7-11,15-16H2,1-6H3,(H,33,36). The number of aromatic nitrogens is 1. The summed E-state index contributed by atoms with van der Waals surface area (Å²) in [6, 6.07) is 3.57. The smallest absolute Gasteiger partial charge is 0.389 e. The minimum Gasteiger partial charge on any atom is -0.389 e. The van der Waals surface area contributed by atoms with Crippen LogP contribution in [0.15, 0.2) is 23.1 Å². The Hall–Kier alpha value is -2.08. The van der Waals surface area contributed by atoms with E-state index in [0.29, 0.717) is 12.2 Å². The number of carbonyl (C=O) groups excluding carboxylic acids is 1. The molecule has 1 aliphatic rings. The highest BCUT2D eigenvalue weighted by atomic mass is 35.5. The summed E-state index contributed by atoms with van der Waals surface area (Å²) in [5, 5.41) is 11.8. The van der Waals surface area contributed by atoms with E-state index in [4.69, 9.17) is 11.6 Å². The molecule has 1 amide bonds. The van der Waals surface area contributed by atoms with Crippen LogP contribution in [-0.2, 0) is 22.7 Å². The molecule has 1 heterocycles. The van der Waals surface area contributed by atoms with Crippen molar-refractivity contribution in [3.63, 3.8) is 0 Å². The first-order valence-corrected chi connectivity index (χ1v) is 15.2. The maximum Gasteiger partial charge on any atom is 0.418 e. The van der Waals surface area contributed by atoms with E-state index in [1.807, 2.05) is 0 Å². The van der Waals surface area contributed by atoms with Gasteiger partial charge in [0.2, 0.25) is 10.0 Å². The summed E-state index contributed by atoms with van der Waals surface area (Å²) in [5.74, 6) is -0.317. The topological polar surface area (TPSA) is 100 Å². The summed E-state index contributed by atoms with van der Waals surface area (Å²) in [5.41, 5.74) is -2.95. The van der Waals surface area contributed by atoms with Crippen LogP contribution < -0.4 is 10.0 Å². The van der Waals surface area contributed by atoms with E-state index in [2.05, 4.69) is 10.0 Å². The number of sulfonamides is 1. The van der Waals surface area contributed by atoms with Crippen molar-refractivity contribution >= 4 is 27.5 Å². The van der Waals surface area contributed by atoms with Crippen molar-refractivity contribution in [2.75, 3.05) is 6.54 Å². The molecule has 3 N–H and O–H groups in total. The predicted octanol–water partition coefficient (Wildman–Crippen LogP) is 6.29. The minimum absolute atomic E-state index is 0.0542. The molecule has 3 rings (SSSR count). The summed E-state index contributed by atoms with van der Waals surface area (Å²) < 4.78 is 73.8. The highest BCUT2D eigenvalue weighted by molar-refractivity contribution is 7.89. The Morgan fingerprint density at radius 1 is 1.10 bits per heavy atom. The van der Waals surface area contributed by atoms with Crippen LogP contribution in [0.4, 0.5) is 13.2 Å². The molecule has 224 valence electrons. The molecule has 0 aliphatic heterocycles. The lowest BCUT2D eigenvalue weighted by Crippen LogP contribution is -2.40. The van der Waals surface area contributed by atoms with E-state index in [1.54, 1.807) is 32.3 Å². The summed E-state index contributed by atoms with van der Waals surface area (Å²) in [4.78, 5) is 12.4. The third-order valence-corrected chi connectivity index (χ3v) is 9.16. The van der Waals surface area contributed by atoms with Crippen LogP contribution in [0.5, 0.6) is 0 Å². The molecule has 12 heteroatoms. The van der Waals surface area contributed by atoms with Crippen molar-refractivity contribution in [3.05, 3.63) is 40.0 Å². The fraction of sp³-hybridized carbons (Fsp3) is 0.607. The van der Waals surface area contributed by atoms with Crippen LogP contribution >= 0.6 is 11.6 Å². The van der Waals surface area contributed by atoms with E-state index in [9.17, 15) is 31.5 Å². The Kier molecular flexibility index (Phi) is 9.45. The molecule has 7 nitrogen and oxygen atoms in total. The van der Waals surface area contributed by atoms with Crippen molar-refractivity contribution in [1.82, 2.24) is 14.6 Å². The number of hydrogen-bond acceptors (Lipinski definition) is 4. The number of carbonyl (C=O) groups is 1. The van der Waals surface area contributed by atoms with E-state index < -0.39 is 48.7 Å². The van der Waals surface area contributed by atoms with Crippen LogP contribution in [0.1, 0.15) is 88.3 Å². The molecule has 1 saturated carbocycles. The molecule has 2 aromatic rings. The zero-order valence-electron chi connectivity index (χ0n) is 23.8. The second-order valence-electron chi connectivity index (χ2n) is 12.3. The number of alkyl halides is 3. The molecule has 0 spiro atoms. The van der Waals surface area contributed by atoms with Crippen molar-refractivity contribution in [3.8, 4) is 11.3 Å². The number of benzene rings is 1. The largest absolute Gasteiger partial charge is 0.418 e. The number of amides is 1. The van der Waals surface area contributed by atoms with Gasteiger partial charge in [-0.2, -0.15) is 13.2 Å². The average Bonchev–Trinajstić information content (AvgIpc) is 3.10. The normalized spacial score (nSPS) is 15.9. The van der Waals surface area contributed by atoms with Gasteiger partial charge in [0.05, 0.1) is 21.8 Å². The fourth-order valence-electron chi connectivity index (χ4n) is 5.07. The highest BCUT2D eigenvalue weighted by Crippen LogP contribution is 2.45. The first-order chi connectivity index (χ1) is 18.2. The van der Waals surface area contributed by atoms with E-state index in [0.717, 1.165) is 44.2 Å². The number of halogens is 4. The van der Waals surface area contributed by atoms with Gasteiger partial charge in [0.25, 0.3) is 5.91 Å². The Balaban J connectivity index is 2.23. The van der Waals surface area contributed by atoms with E-state index >= 15 is 0 Å². The van der Waals surface area contributed by atoms with Gasteiger partial charge in [-0.15, -0.1) is 0 Å². The van der Waals surface area contributed by atoms with Crippen molar-refractivity contribution < 1.29 is 31.5 Å². The van der Waals surface area contributed by atoms with Gasteiger partial charge in [0.1, 0.15) is 4.90 Å². The SMILES string of the molecule is Cc1c(C(=O)NCC(C)(C)O)cc(-c2ccc(S(=O)(=O)NC(C)(C)C)c(Cl)c2C(F)(F)F)n1CC1CCCCC1. The predicted molar refractivity (Wildman–Crippen MR) is 150 cm³/mol. The summed E-state index contributed by atoms with van der Waals surface area (Å²) >= 11 is 6.26. The Bertz CT molecular complexity index is 1350. The van der Waals surface area contributed by atoms with Crippen molar-refractivity contribution in [1.29, 1.82) is 0 Å². The first-order valence-electron chi connectivity index (χ1n) is 13.4. The number of nitrogens with one attached hydrogen (secondary N) is 2. The van der Waals surface area contributed by atoms with Crippen molar-refractivity contribution in [2.24, 2.45) is 5.92 Å². The van der Waals surface area contributed by atoms with Gasteiger partial charge in [-0.25, -0.2) is 13.1 Å². The molecule has 0 unspecified atom stereocenters. The molecule has 0 atom stereocenters. The Morgan fingerprint density at radius 2 is 1.70 bits per heavy atom. The second-order valence-corrected chi connectivity index (χ2v) is 14.3. The van der Waals surface area contributed by atoms with Gasteiger partial charge in [0, 0.05) is 35.6 Å². The summed E-state index contributed by atoms with van der Waals surface area (Å²) in [6.45, 7) is 9.80. The second kappa shape index (κ2) is 11.7. The zero-order valence-corrected chi connectivity index (χ0v) is 25.4. The lowest BCUT2D eigenvalue weighted by molar-refractivity contribution is -0.137. The van der Waals surface area contributed by atoms with Gasteiger partial charge in [0.15, 0.2) is 0 Å². The number of aliphatic hydroxyl groups is 1. The summed E-state index contributed by atoms with van der Waals surface area (Å²) in [7, 11) is -4.38. The molecule has 0 bridgehead atoms. The Morgan fingerprint density at radius 3 is 2.23 bits per heavy atom. The summed E-state index contributed by atoms with van der Waals surface area (Å²) in [6.07, 6.45) is -0.0140. The van der Waals surface area contributed by atoms with Gasteiger partial charge < -0.3 is 15.0 Å². The van der Waals surface area contributed by atoms with E-state index in [-0.39, 0.29) is 29.3 Å². The number of nitrogens with zero attached hydrogens (tertiary/aromatic N) is 1. The monoisotopic (exact) mass is 605 g/mol. The number of hydrogen-bond donors (Lipinski definition) is 3. The molecule has 1 fully saturated rings. The van der Waals surface area contributed by atoms with Gasteiger partial charge in [-0.3, -0.25) is 4.79 Å². The van der Waals surface area contributed by atoms with Crippen molar-refractivity contribution in [2.45, 2.75) is 102 Å². The minimum atomic E-state index is -4.99. The van der Waals surface area contributed by atoms with Gasteiger partial charge in [-0.1, -0.05) is 36.9 Å². The van der Waals surface area contributed by atoms with Crippen LogP contribution in [-0.4, -0.2) is 41.7 Å². The zero-order chi connectivity index (χ0) is 30.3. The van der Waals surface area contributed by atoms with Crippen LogP contribution in [0.3, 0.4) is 0 Å². The fourth-order valence-corrected chi connectivity index (χ4v) is 7.14. The third-order valence-electron chi connectivity index (χ3n) is 6.85. The van der Waals surface area contributed by atoms with E-state index in [1.165, 1.54) is 19.9 Å². The molecular weight excluding hydrogens is 567 g/mol. The highest BCUT2D eigenvalue weighted by Gasteiger charge is 2.40. The average molecular weight is 606 g/mol.